The van der Waals surface area contributed by atoms with Gasteiger partial charge in [-0.3, -0.25) is 0 Å². The molecule has 0 radical (unpaired) electrons. The number of nitrogens with two attached hydrogens (primary N) is 1. The van der Waals surface area contributed by atoms with Crippen LogP contribution in [0.15, 0.2) is 0 Å². The Balaban J connectivity index is 0.000000561. The molecule has 2 nitrogen and oxygen atoms in total. The molecule has 1 aliphatic rings. The van der Waals surface area contributed by atoms with Crippen LogP contribution in [0.25, 0.3) is 0 Å². The lowest BCUT2D eigenvalue weighted by molar-refractivity contribution is 0.175. The van der Waals surface area contributed by atoms with Crippen LogP contribution in [0.2, 0.25) is 0 Å². The van der Waals surface area contributed by atoms with Gasteiger partial charge in [-0.05, 0) is 39.9 Å². The number of piperidine rings is 1. The van der Waals surface area contributed by atoms with Crippen LogP contribution in [0.4, 0.5) is 0 Å². The van der Waals surface area contributed by atoms with Gasteiger partial charge < -0.3 is 10.6 Å². The third-order valence-electron chi connectivity index (χ3n) is 2.54. The zero-order valence-electron chi connectivity index (χ0n) is 8.84. The van der Waals surface area contributed by atoms with Crippen LogP contribution >= 0.6 is 0 Å². The van der Waals surface area contributed by atoms with Gasteiger partial charge in [0.2, 0.25) is 0 Å². The molecule has 1 unspecified atom stereocenters. The average Bonchev–Trinajstić information content (AvgIpc) is 2.13. The van der Waals surface area contributed by atoms with Crippen molar-refractivity contribution in [1.29, 1.82) is 0 Å². The zero-order chi connectivity index (χ0) is 9.40. The van der Waals surface area contributed by atoms with Gasteiger partial charge in [-0.2, -0.15) is 0 Å². The van der Waals surface area contributed by atoms with Gasteiger partial charge in [-0.15, -0.1) is 0 Å². The van der Waals surface area contributed by atoms with E-state index in [1.54, 1.807) is 0 Å². The first kappa shape index (κ1) is 11.9. The quantitative estimate of drug-likeness (QED) is 0.688. The summed E-state index contributed by atoms with van der Waals surface area (Å²) in [5.41, 5.74) is 4.50. The molecule has 0 bridgehead atoms. The van der Waals surface area contributed by atoms with Crippen LogP contribution < -0.4 is 5.73 Å². The maximum Gasteiger partial charge on any atom is 0.00921 e. The topological polar surface area (TPSA) is 29.3 Å². The van der Waals surface area contributed by atoms with Crippen LogP contribution in [0.3, 0.4) is 0 Å². The lowest BCUT2D eigenvalue weighted by Crippen LogP contribution is -2.35. The maximum absolute atomic E-state index is 4.50. The number of hydrogen-bond donors (Lipinski definition) is 1. The van der Waals surface area contributed by atoms with Crippen molar-refractivity contribution in [3.63, 3.8) is 0 Å². The fraction of sp³-hybridized carbons (Fsp3) is 1.00. The van der Waals surface area contributed by atoms with E-state index in [1.165, 1.54) is 45.7 Å². The summed E-state index contributed by atoms with van der Waals surface area (Å²) in [5, 5.41) is 0. The largest absolute Gasteiger partial charge is 0.333 e. The Morgan fingerprint density at radius 1 is 1.33 bits per heavy atom. The molecule has 1 fully saturated rings. The summed E-state index contributed by atoms with van der Waals surface area (Å²) in [5.74, 6) is 0. The van der Waals surface area contributed by atoms with Gasteiger partial charge in [0.05, 0.1) is 0 Å². The molecule has 0 spiro atoms. The van der Waals surface area contributed by atoms with E-state index >= 15 is 0 Å². The van der Waals surface area contributed by atoms with Crippen LogP contribution in [0.1, 0.15) is 39.0 Å². The van der Waals surface area contributed by atoms with E-state index in [1.807, 2.05) is 0 Å². The third-order valence-corrected chi connectivity index (χ3v) is 2.54. The molecule has 1 rings (SSSR count). The lowest BCUT2D eigenvalue weighted by Gasteiger charge is -2.32. The molecule has 2 N–H and O–H groups in total. The summed E-state index contributed by atoms with van der Waals surface area (Å²) in [6.07, 6.45) is 7.04. The highest BCUT2D eigenvalue weighted by Crippen LogP contribution is 2.18. The smallest absolute Gasteiger partial charge is 0.00921 e. The van der Waals surface area contributed by atoms with E-state index in [9.17, 15) is 0 Å². The van der Waals surface area contributed by atoms with Gasteiger partial charge in [0, 0.05) is 6.04 Å². The van der Waals surface area contributed by atoms with Gasteiger partial charge in [0.15, 0.2) is 0 Å². The van der Waals surface area contributed by atoms with Gasteiger partial charge >= 0.3 is 0 Å². The minimum atomic E-state index is 0.902. The standard InChI is InChI=1S/C9H19N.CH5N/c1-3-6-9-7-4-5-8-10(9)2;1-2/h9H,3-8H2,1-2H3;2H2,1H3. The van der Waals surface area contributed by atoms with E-state index in [4.69, 9.17) is 0 Å². The molecule has 1 heterocycles. The van der Waals surface area contributed by atoms with Crippen molar-refractivity contribution in [1.82, 2.24) is 4.90 Å². The molecule has 1 saturated heterocycles. The van der Waals surface area contributed by atoms with Crippen LogP contribution in [-0.2, 0) is 0 Å². The van der Waals surface area contributed by atoms with Gasteiger partial charge in [0.1, 0.15) is 0 Å². The molecular weight excluding hydrogens is 148 g/mol. The average molecular weight is 172 g/mol. The van der Waals surface area contributed by atoms with Crippen molar-refractivity contribution in [2.45, 2.75) is 45.1 Å². The Morgan fingerprint density at radius 3 is 2.50 bits per heavy atom. The highest BCUT2D eigenvalue weighted by atomic mass is 15.1. The van der Waals surface area contributed by atoms with Gasteiger partial charge in [0.25, 0.3) is 0 Å². The van der Waals surface area contributed by atoms with Crippen molar-refractivity contribution in [2.24, 2.45) is 5.73 Å². The van der Waals surface area contributed by atoms with Crippen LogP contribution in [0, 0.1) is 0 Å². The molecule has 0 aromatic heterocycles. The predicted molar refractivity (Wildman–Crippen MR) is 55.3 cm³/mol. The Kier molecular flexibility index (Phi) is 7.51. The van der Waals surface area contributed by atoms with E-state index < -0.39 is 0 Å². The Morgan fingerprint density at radius 2 is 2.00 bits per heavy atom. The molecule has 2 heteroatoms. The van der Waals surface area contributed by atoms with Crippen molar-refractivity contribution < 1.29 is 0 Å². The zero-order valence-corrected chi connectivity index (χ0v) is 8.84. The van der Waals surface area contributed by atoms with Gasteiger partial charge in [-0.1, -0.05) is 19.8 Å². The maximum atomic E-state index is 4.50. The van der Waals surface area contributed by atoms with E-state index in [0.29, 0.717) is 0 Å². The number of hydrogen-bond acceptors (Lipinski definition) is 2. The van der Waals surface area contributed by atoms with Crippen molar-refractivity contribution >= 4 is 0 Å². The normalized spacial score (nSPS) is 24.5. The first-order chi connectivity index (χ1) is 5.84. The minimum absolute atomic E-state index is 0.902. The summed E-state index contributed by atoms with van der Waals surface area (Å²) in [6.45, 7) is 3.60. The van der Waals surface area contributed by atoms with Crippen molar-refractivity contribution in [3.05, 3.63) is 0 Å². The second-order valence-electron chi connectivity index (χ2n) is 3.42. The minimum Gasteiger partial charge on any atom is -0.333 e. The molecule has 0 aromatic rings. The first-order valence-electron chi connectivity index (χ1n) is 5.12. The van der Waals surface area contributed by atoms with Crippen LogP contribution in [0.5, 0.6) is 0 Å². The molecular formula is C10H24N2. The summed E-state index contributed by atoms with van der Waals surface area (Å²) >= 11 is 0. The monoisotopic (exact) mass is 172 g/mol. The Labute approximate surface area is 77.1 Å². The van der Waals surface area contributed by atoms with Gasteiger partial charge in [-0.25, -0.2) is 0 Å². The molecule has 1 aliphatic heterocycles. The van der Waals surface area contributed by atoms with E-state index in [-0.39, 0.29) is 0 Å². The predicted octanol–water partition coefficient (Wildman–Crippen LogP) is 1.85. The summed E-state index contributed by atoms with van der Waals surface area (Å²) in [4.78, 5) is 2.52. The Hall–Kier alpha value is -0.0800. The Bertz CT molecular complexity index is 91.8. The van der Waals surface area contributed by atoms with Crippen LogP contribution in [-0.4, -0.2) is 31.6 Å². The number of likely N-dealkylation sites (tertiary alicyclic amines) is 1. The lowest BCUT2D eigenvalue weighted by atomic mass is 9.99. The SMILES string of the molecule is CCCC1CCCCN1C.CN. The summed E-state index contributed by atoms with van der Waals surface area (Å²) in [7, 11) is 3.76. The summed E-state index contributed by atoms with van der Waals surface area (Å²) < 4.78 is 0. The van der Waals surface area contributed by atoms with E-state index in [0.717, 1.165) is 6.04 Å². The molecule has 0 saturated carbocycles. The molecule has 1 atom stereocenters. The van der Waals surface area contributed by atoms with Crippen molar-refractivity contribution in [3.8, 4) is 0 Å². The molecule has 74 valence electrons. The number of nitrogens with zero attached hydrogens (tertiary/aromatic N) is 1. The second kappa shape index (κ2) is 7.56. The second-order valence-corrected chi connectivity index (χ2v) is 3.42. The molecule has 12 heavy (non-hydrogen) atoms. The highest BCUT2D eigenvalue weighted by molar-refractivity contribution is 4.72. The molecule has 0 amide bonds. The summed E-state index contributed by atoms with van der Waals surface area (Å²) in [6, 6.07) is 0.902. The fourth-order valence-corrected chi connectivity index (χ4v) is 1.84. The fourth-order valence-electron chi connectivity index (χ4n) is 1.84. The third kappa shape index (κ3) is 4.07. The highest BCUT2D eigenvalue weighted by Gasteiger charge is 2.16. The molecule has 0 aliphatic carbocycles. The molecule has 0 aromatic carbocycles. The first-order valence-corrected chi connectivity index (χ1v) is 5.12. The van der Waals surface area contributed by atoms with E-state index in [2.05, 4.69) is 24.6 Å². The number of rotatable bonds is 2. The van der Waals surface area contributed by atoms with Crippen molar-refractivity contribution in [2.75, 3.05) is 20.6 Å².